The normalized spacial score (nSPS) is 18.4. The second kappa shape index (κ2) is 8.09. The maximum absolute atomic E-state index is 11.5. The molecule has 0 radical (unpaired) electrons. The first-order valence-electron chi connectivity index (χ1n) is 6.69. The average molecular weight is 240 g/mol. The summed E-state index contributed by atoms with van der Waals surface area (Å²) in [5, 5.41) is 5.16. The number of carbonyl (C=O) groups excluding carboxylic acids is 2. The molecule has 0 aromatic heterocycles. The Morgan fingerprint density at radius 1 is 1.35 bits per heavy atom. The fourth-order valence-electron chi connectivity index (χ4n) is 2.63. The van der Waals surface area contributed by atoms with Gasteiger partial charge in [0.15, 0.2) is 0 Å². The Hall–Kier alpha value is -1.06. The Bertz CT molecular complexity index is 238. The monoisotopic (exact) mass is 240 g/mol. The summed E-state index contributed by atoms with van der Waals surface area (Å²) in [6.07, 6.45) is 10.3. The first-order chi connectivity index (χ1) is 8.27. The molecule has 17 heavy (non-hydrogen) atoms. The van der Waals surface area contributed by atoms with Crippen LogP contribution in [0.3, 0.4) is 0 Å². The minimum atomic E-state index is -0.360. The fraction of sp³-hybridized carbons (Fsp3) is 0.846. The van der Waals surface area contributed by atoms with Gasteiger partial charge in [-0.05, 0) is 12.3 Å². The molecule has 4 heteroatoms. The molecule has 1 unspecified atom stereocenters. The highest BCUT2D eigenvalue weighted by Crippen LogP contribution is 2.27. The van der Waals surface area contributed by atoms with Crippen molar-refractivity contribution < 1.29 is 9.59 Å². The van der Waals surface area contributed by atoms with E-state index >= 15 is 0 Å². The molecule has 0 aromatic rings. The molecule has 1 fully saturated rings. The van der Waals surface area contributed by atoms with Crippen LogP contribution in [0.5, 0.6) is 0 Å². The van der Waals surface area contributed by atoms with Crippen LogP contribution in [0.4, 0.5) is 0 Å². The summed E-state index contributed by atoms with van der Waals surface area (Å²) in [6.45, 7) is 0. The molecular formula is C13H24N2O2. The van der Waals surface area contributed by atoms with Crippen LogP contribution in [-0.4, -0.2) is 25.4 Å². The lowest BCUT2D eigenvalue weighted by molar-refractivity contribution is -0.125. The van der Waals surface area contributed by atoms with Crippen LogP contribution in [-0.2, 0) is 9.59 Å². The first kappa shape index (κ1) is 14.0. The highest BCUT2D eigenvalue weighted by molar-refractivity contribution is 5.83. The third-order valence-corrected chi connectivity index (χ3v) is 3.66. The highest BCUT2D eigenvalue weighted by atomic mass is 16.2. The first-order valence-corrected chi connectivity index (χ1v) is 6.69. The van der Waals surface area contributed by atoms with Crippen molar-refractivity contribution in [2.45, 2.75) is 57.4 Å². The largest absolute Gasteiger partial charge is 0.357 e. The van der Waals surface area contributed by atoms with Crippen LogP contribution in [0.2, 0.25) is 0 Å². The Morgan fingerprint density at radius 2 is 2.06 bits per heavy atom. The summed E-state index contributed by atoms with van der Waals surface area (Å²) < 4.78 is 0. The van der Waals surface area contributed by atoms with Crippen LogP contribution in [0.1, 0.15) is 51.4 Å². The van der Waals surface area contributed by atoms with E-state index in [2.05, 4.69) is 10.6 Å². The van der Waals surface area contributed by atoms with E-state index in [0.717, 1.165) is 18.8 Å². The maximum atomic E-state index is 11.5. The molecule has 0 bridgehead atoms. The lowest BCUT2D eigenvalue weighted by atomic mass is 9.85. The van der Waals surface area contributed by atoms with Crippen molar-refractivity contribution in [2.75, 3.05) is 7.05 Å². The summed E-state index contributed by atoms with van der Waals surface area (Å²) in [5.41, 5.74) is 0. The van der Waals surface area contributed by atoms with Gasteiger partial charge >= 0.3 is 0 Å². The van der Waals surface area contributed by atoms with Gasteiger partial charge < -0.3 is 10.6 Å². The number of hydrogen-bond acceptors (Lipinski definition) is 2. The summed E-state index contributed by atoms with van der Waals surface area (Å²) in [6, 6.07) is -0.360. The zero-order chi connectivity index (χ0) is 12.5. The molecule has 98 valence electrons. The van der Waals surface area contributed by atoms with Crippen molar-refractivity contribution >= 4 is 12.3 Å². The van der Waals surface area contributed by atoms with Crippen molar-refractivity contribution in [3.63, 3.8) is 0 Å². The van der Waals surface area contributed by atoms with Gasteiger partial charge in [0.1, 0.15) is 6.04 Å². The number of rotatable bonds is 7. The number of carbonyl (C=O) groups is 2. The van der Waals surface area contributed by atoms with E-state index < -0.39 is 0 Å². The van der Waals surface area contributed by atoms with Crippen molar-refractivity contribution in [1.82, 2.24) is 10.6 Å². The van der Waals surface area contributed by atoms with E-state index in [1.165, 1.54) is 38.5 Å². The topological polar surface area (TPSA) is 58.2 Å². The molecule has 0 spiro atoms. The average Bonchev–Trinajstić information content (AvgIpc) is 2.38. The number of nitrogens with one attached hydrogen (secondary N) is 2. The van der Waals surface area contributed by atoms with E-state index in [9.17, 15) is 9.59 Å². The van der Waals surface area contributed by atoms with Crippen molar-refractivity contribution in [3.8, 4) is 0 Å². The van der Waals surface area contributed by atoms with E-state index in [0.29, 0.717) is 6.41 Å². The maximum Gasteiger partial charge on any atom is 0.242 e. The molecule has 2 amide bonds. The molecule has 1 rings (SSSR count). The minimum absolute atomic E-state index is 0.0965. The standard InChI is InChI=1S/C13H24N2O2/c1-14-13(17)12(15-10-16)9-5-8-11-6-3-2-4-7-11/h10-12H,2-9H2,1H3,(H,14,17)(H,15,16). The quantitative estimate of drug-likeness (QED) is 0.664. The van der Waals surface area contributed by atoms with Crippen LogP contribution >= 0.6 is 0 Å². The van der Waals surface area contributed by atoms with Crippen molar-refractivity contribution in [3.05, 3.63) is 0 Å². The Labute approximate surface area is 104 Å². The summed E-state index contributed by atoms with van der Waals surface area (Å²) in [5.74, 6) is 0.742. The molecule has 0 saturated heterocycles. The van der Waals surface area contributed by atoms with Gasteiger partial charge in [0.2, 0.25) is 12.3 Å². The molecule has 1 atom stereocenters. The second-order valence-electron chi connectivity index (χ2n) is 4.89. The number of likely N-dealkylation sites (N-methyl/N-ethyl adjacent to an activating group) is 1. The van der Waals surface area contributed by atoms with Crippen molar-refractivity contribution in [1.29, 1.82) is 0 Å². The summed E-state index contributed by atoms with van der Waals surface area (Å²) >= 11 is 0. The van der Waals surface area contributed by atoms with Gasteiger partial charge in [0.25, 0.3) is 0 Å². The van der Waals surface area contributed by atoms with Crippen LogP contribution in [0.25, 0.3) is 0 Å². The molecule has 0 aliphatic heterocycles. The van der Waals surface area contributed by atoms with Gasteiger partial charge in [-0.2, -0.15) is 0 Å². The fourth-order valence-corrected chi connectivity index (χ4v) is 2.63. The zero-order valence-electron chi connectivity index (χ0n) is 10.7. The van der Waals surface area contributed by atoms with Gasteiger partial charge in [-0.15, -0.1) is 0 Å². The van der Waals surface area contributed by atoms with Crippen molar-refractivity contribution in [2.24, 2.45) is 5.92 Å². The second-order valence-corrected chi connectivity index (χ2v) is 4.89. The molecule has 4 nitrogen and oxygen atoms in total. The lowest BCUT2D eigenvalue weighted by Gasteiger charge is -2.22. The van der Waals surface area contributed by atoms with E-state index in [1.54, 1.807) is 7.05 Å². The molecular weight excluding hydrogens is 216 g/mol. The van der Waals surface area contributed by atoms with E-state index in [-0.39, 0.29) is 11.9 Å². The number of amides is 2. The molecule has 1 aliphatic rings. The van der Waals surface area contributed by atoms with Crippen LogP contribution in [0, 0.1) is 5.92 Å². The third kappa shape index (κ3) is 5.20. The van der Waals surface area contributed by atoms with Crippen LogP contribution < -0.4 is 10.6 Å². The Kier molecular flexibility index (Phi) is 6.67. The SMILES string of the molecule is CNC(=O)C(CCCC1CCCCC1)NC=O. The summed E-state index contributed by atoms with van der Waals surface area (Å²) in [4.78, 5) is 21.9. The number of hydrogen-bond donors (Lipinski definition) is 2. The highest BCUT2D eigenvalue weighted by Gasteiger charge is 2.17. The van der Waals surface area contributed by atoms with Gasteiger partial charge in [0.05, 0.1) is 0 Å². The van der Waals surface area contributed by atoms with Gasteiger partial charge in [-0.25, -0.2) is 0 Å². The summed E-state index contributed by atoms with van der Waals surface area (Å²) in [7, 11) is 1.60. The Morgan fingerprint density at radius 3 is 2.65 bits per heavy atom. The van der Waals surface area contributed by atoms with Gasteiger partial charge in [-0.3, -0.25) is 9.59 Å². The minimum Gasteiger partial charge on any atom is -0.357 e. The third-order valence-electron chi connectivity index (χ3n) is 3.66. The zero-order valence-corrected chi connectivity index (χ0v) is 10.7. The predicted octanol–water partition coefficient (Wildman–Crippen LogP) is 1.60. The smallest absolute Gasteiger partial charge is 0.242 e. The molecule has 1 saturated carbocycles. The van der Waals surface area contributed by atoms with Gasteiger partial charge in [0, 0.05) is 7.05 Å². The van der Waals surface area contributed by atoms with E-state index in [4.69, 9.17) is 0 Å². The molecule has 0 aromatic carbocycles. The predicted molar refractivity (Wildman–Crippen MR) is 67.5 cm³/mol. The van der Waals surface area contributed by atoms with Crippen LogP contribution in [0.15, 0.2) is 0 Å². The Balaban J connectivity index is 2.21. The molecule has 0 heterocycles. The molecule has 1 aliphatic carbocycles. The van der Waals surface area contributed by atoms with Gasteiger partial charge in [-0.1, -0.05) is 44.9 Å². The van der Waals surface area contributed by atoms with E-state index in [1.807, 2.05) is 0 Å². The lowest BCUT2D eigenvalue weighted by Crippen LogP contribution is -2.42. The molecule has 2 N–H and O–H groups in total.